The Morgan fingerprint density at radius 3 is 1.93 bits per heavy atom. The third-order valence-corrected chi connectivity index (χ3v) is 4.10. The minimum Gasteiger partial charge on any atom is -0.344 e. The zero-order valence-corrected chi connectivity index (χ0v) is 9.30. The molecule has 2 saturated carbocycles. The Morgan fingerprint density at radius 1 is 0.667 bits per heavy atom. The van der Waals surface area contributed by atoms with E-state index < -0.39 is 0 Å². The molecule has 2 spiro atoms. The Labute approximate surface area is 91.0 Å². The maximum absolute atomic E-state index is 6.00. The first-order valence-electron chi connectivity index (χ1n) is 6.34. The van der Waals surface area contributed by atoms with Gasteiger partial charge in [0.15, 0.2) is 0 Å². The summed E-state index contributed by atoms with van der Waals surface area (Å²) in [7, 11) is 0. The van der Waals surface area contributed by atoms with Crippen LogP contribution in [0.25, 0.3) is 0 Å². The highest BCUT2D eigenvalue weighted by Crippen LogP contribution is 2.43. The molecule has 3 aliphatic rings. The summed E-state index contributed by atoms with van der Waals surface area (Å²) in [5, 5.41) is 0. The molecule has 0 N–H and O–H groups in total. The van der Waals surface area contributed by atoms with Gasteiger partial charge in [-0.15, -0.1) is 0 Å². The van der Waals surface area contributed by atoms with Crippen LogP contribution in [0.5, 0.6) is 0 Å². The van der Waals surface area contributed by atoms with Crippen molar-refractivity contribution in [1.82, 2.24) is 0 Å². The summed E-state index contributed by atoms with van der Waals surface area (Å²) in [5.41, 5.74) is -0.0945. The zero-order chi connectivity index (χ0) is 10.2. The summed E-state index contributed by atoms with van der Waals surface area (Å²) in [6, 6.07) is 0. The molecule has 0 aromatic heterocycles. The molecule has 0 aromatic rings. The van der Waals surface area contributed by atoms with Crippen LogP contribution in [0, 0.1) is 0 Å². The van der Waals surface area contributed by atoms with Gasteiger partial charge in [0.2, 0.25) is 5.79 Å². The van der Waals surface area contributed by atoms with E-state index in [-0.39, 0.29) is 11.4 Å². The van der Waals surface area contributed by atoms with Gasteiger partial charge in [0.1, 0.15) is 5.60 Å². The van der Waals surface area contributed by atoms with E-state index in [1.54, 1.807) is 0 Å². The molecule has 0 amide bonds. The van der Waals surface area contributed by atoms with Gasteiger partial charge in [0.05, 0.1) is 6.61 Å². The summed E-state index contributed by atoms with van der Waals surface area (Å²) in [5.74, 6) is -0.383. The molecule has 0 radical (unpaired) electrons. The van der Waals surface area contributed by atoms with Crippen molar-refractivity contribution in [1.29, 1.82) is 0 Å². The van der Waals surface area contributed by atoms with Gasteiger partial charge in [-0.3, -0.25) is 0 Å². The van der Waals surface area contributed by atoms with E-state index in [1.807, 2.05) is 0 Å². The highest BCUT2D eigenvalue weighted by atomic mass is 17.2. The summed E-state index contributed by atoms with van der Waals surface area (Å²) < 4.78 is 6.00. The van der Waals surface area contributed by atoms with E-state index in [9.17, 15) is 0 Å². The third kappa shape index (κ3) is 1.81. The molecule has 0 bridgehead atoms. The molecule has 3 fully saturated rings. The first-order valence-corrected chi connectivity index (χ1v) is 6.34. The van der Waals surface area contributed by atoms with Gasteiger partial charge >= 0.3 is 0 Å². The second-order valence-corrected chi connectivity index (χ2v) is 5.32. The highest BCUT2D eigenvalue weighted by molar-refractivity contribution is 4.89. The maximum atomic E-state index is 6.00. The molecule has 3 nitrogen and oxygen atoms in total. The van der Waals surface area contributed by atoms with E-state index in [2.05, 4.69) is 0 Å². The second kappa shape index (κ2) is 3.72. The molecular formula is C12H20O3. The number of ether oxygens (including phenoxy) is 1. The van der Waals surface area contributed by atoms with Crippen LogP contribution in [-0.4, -0.2) is 18.0 Å². The minimum atomic E-state index is -0.383. The molecule has 1 saturated heterocycles. The topological polar surface area (TPSA) is 27.7 Å². The van der Waals surface area contributed by atoms with Crippen molar-refractivity contribution in [3.05, 3.63) is 0 Å². The Kier molecular flexibility index (Phi) is 2.49. The van der Waals surface area contributed by atoms with Gasteiger partial charge in [-0.25, -0.2) is 9.78 Å². The van der Waals surface area contributed by atoms with Crippen molar-refractivity contribution in [2.75, 3.05) is 6.61 Å². The van der Waals surface area contributed by atoms with E-state index >= 15 is 0 Å². The Hall–Kier alpha value is -0.120. The first kappa shape index (κ1) is 10.1. The fraction of sp³-hybridized carbons (Fsp3) is 1.00. The molecule has 15 heavy (non-hydrogen) atoms. The monoisotopic (exact) mass is 212 g/mol. The van der Waals surface area contributed by atoms with Crippen LogP contribution in [0.4, 0.5) is 0 Å². The Balaban J connectivity index is 1.63. The molecular weight excluding hydrogens is 192 g/mol. The predicted molar refractivity (Wildman–Crippen MR) is 55.1 cm³/mol. The number of rotatable bonds is 0. The van der Waals surface area contributed by atoms with Crippen LogP contribution in [0.1, 0.15) is 57.8 Å². The molecule has 2 aliphatic carbocycles. The first-order chi connectivity index (χ1) is 7.33. The third-order valence-electron chi connectivity index (χ3n) is 4.10. The standard InChI is InChI=1S/C12H20O3/c1-2-8-12(9-3-1)13-10-11(14-15-12)6-4-5-7-11/h1-10H2. The lowest BCUT2D eigenvalue weighted by Crippen LogP contribution is -2.51. The molecule has 3 heteroatoms. The average Bonchev–Trinajstić information content (AvgIpc) is 2.74. The van der Waals surface area contributed by atoms with Crippen LogP contribution in [-0.2, 0) is 14.5 Å². The van der Waals surface area contributed by atoms with Crippen molar-refractivity contribution in [2.24, 2.45) is 0 Å². The van der Waals surface area contributed by atoms with Crippen molar-refractivity contribution < 1.29 is 14.5 Å². The van der Waals surface area contributed by atoms with Crippen LogP contribution >= 0.6 is 0 Å². The summed E-state index contributed by atoms with van der Waals surface area (Å²) in [6.45, 7) is 0.743. The van der Waals surface area contributed by atoms with Crippen LogP contribution in [0.15, 0.2) is 0 Å². The van der Waals surface area contributed by atoms with Crippen LogP contribution < -0.4 is 0 Å². The average molecular weight is 212 g/mol. The molecule has 86 valence electrons. The summed E-state index contributed by atoms with van der Waals surface area (Å²) in [6.07, 6.45) is 10.4. The van der Waals surface area contributed by atoms with Gasteiger partial charge in [-0.1, -0.05) is 19.3 Å². The normalized spacial score (nSPS) is 33.6. The van der Waals surface area contributed by atoms with E-state index in [0.717, 1.165) is 32.3 Å². The minimum absolute atomic E-state index is 0.0945. The van der Waals surface area contributed by atoms with Crippen LogP contribution in [0.2, 0.25) is 0 Å². The van der Waals surface area contributed by atoms with Gasteiger partial charge in [-0.2, -0.15) is 0 Å². The molecule has 0 atom stereocenters. The maximum Gasteiger partial charge on any atom is 0.201 e. The lowest BCUT2D eigenvalue weighted by atomic mass is 9.93. The Morgan fingerprint density at radius 2 is 1.33 bits per heavy atom. The van der Waals surface area contributed by atoms with Crippen molar-refractivity contribution in [3.63, 3.8) is 0 Å². The summed E-state index contributed by atoms with van der Waals surface area (Å²) >= 11 is 0. The SMILES string of the molecule is C1CCC2(CC1)OCC1(CCCC1)OO2. The van der Waals surface area contributed by atoms with Gasteiger partial charge < -0.3 is 4.74 Å². The summed E-state index contributed by atoms with van der Waals surface area (Å²) in [4.78, 5) is 11.3. The van der Waals surface area contributed by atoms with E-state index in [1.165, 1.54) is 32.1 Å². The van der Waals surface area contributed by atoms with E-state index in [4.69, 9.17) is 14.5 Å². The molecule has 1 aliphatic heterocycles. The number of hydrogen-bond acceptors (Lipinski definition) is 3. The lowest BCUT2D eigenvalue weighted by molar-refractivity contribution is -0.515. The quantitative estimate of drug-likeness (QED) is 0.578. The van der Waals surface area contributed by atoms with E-state index in [0.29, 0.717) is 0 Å². The van der Waals surface area contributed by atoms with Gasteiger partial charge in [-0.05, 0) is 25.7 Å². The second-order valence-electron chi connectivity index (χ2n) is 5.32. The van der Waals surface area contributed by atoms with Crippen molar-refractivity contribution in [3.8, 4) is 0 Å². The fourth-order valence-corrected chi connectivity index (χ4v) is 3.04. The van der Waals surface area contributed by atoms with Gasteiger partial charge in [0, 0.05) is 12.8 Å². The lowest BCUT2D eigenvalue weighted by Gasteiger charge is -2.44. The molecule has 1 heterocycles. The zero-order valence-electron chi connectivity index (χ0n) is 9.30. The van der Waals surface area contributed by atoms with Crippen molar-refractivity contribution >= 4 is 0 Å². The smallest absolute Gasteiger partial charge is 0.201 e. The predicted octanol–water partition coefficient (Wildman–Crippen LogP) is 2.94. The molecule has 3 rings (SSSR count). The van der Waals surface area contributed by atoms with Crippen LogP contribution in [0.3, 0.4) is 0 Å². The van der Waals surface area contributed by atoms with Gasteiger partial charge in [0.25, 0.3) is 0 Å². The molecule has 0 unspecified atom stereocenters. The largest absolute Gasteiger partial charge is 0.344 e. The number of hydrogen-bond donors (Lipinski definition) is 0. The Bertz CT molecular complexity index is 215. The van der Waals surface area contributed by atoms with Crippen molar-refractivity contribution in [2.45, 2.75) is 69.2 Å². The molecule has 0 aromatic carbocycles. The highest BCUT2D eigenvalue weighted by Gasteiger charge is 2.48. The fourth-order valence-electron chi connectivity index (χ4n) is 3.04.